The van der Waals surface area contributed by atoms with E-state index in [0.29, 0.717) is 22.3 Å². The molecular formula is C16H11FN2O. The molecule has 0 saturated carbocycles. The molecule has 0 amide bonds. The van der Waals surface area contributed by atoms with Crippen molar-refractivity contribution in [1.82, 2.24) is 9.97 Å². The molecule has 0 bridgehead atoms. The number of fused-ring (bicyclic) bond motifs is 1. The third-order valence-corrected chi connectivity index (χ3v) is 2.96. The highest BCUT2D eigenvalue weighted by molar-refractivity contribution is 5.78. The second kappa shape index (κ2) is 5.09. The number of hydrogen-bond donors (Lipinski definition) is 1. The molecule has 98 valence electrons. The van der Waals surface area contributed by atoms with E-state index >= 15 is 0 Å². The zero-order valence-electron chi connectivity index (χ0n) is 10.5. The highest BCUT2D eigenvalue weighted by Crippen LogP contribution is 2.11. The maximum Gasteiger partial charge on any atom is 0.259 e. The third-order valence-electron chi connectivity index (χ3n) is 2.96. The molecule has 0 aliphatic carbocycles. The predicted octanol–water partition coefficient (Wildman–Crippen LogP) is 3.23. The van der Waals surface area contributed by atoms with Crippen LogP contribution in [0.3, 0.4) is 0 Å². The lowest BCUT2D eigenvalue weighted by atomic mass is 10.2. The number of aromatic nitrogens is 2. The van der Waals surface area contributed by atoms with E-state index in [2.05, 4.69) is 9.97 Å². The summed E-state index contributed by atoms with van der Waals surface area (Å²) < 4.78 is 13.5. The SMILES string of the molecule is O=c1[nH]c(C=Cc2ccccc2F)nc2ccccc12. The summed E-state index contributed by atoms with van der Waals surface area (Å²) in [5.41, 5.74) is 0.858. The molecule has 2 aromatic carbocycles. The molecule has 1 N–H and O–H groups in total. The lowest BCUT2D eigenvalue weighted by Gasteiger charge is -1.99. The maximum absolute atomic E-state index is 13.5. The molecule has 0 atom stereocenters. The van der Waals surface area contributed by atoms with E-state index in [-0.39, 0.29) is 11.4 Å². The molecule has 0 radical (unpaired) electrons. The topological polar surface area (TPSA) is 45.8 Å². The van der Waals surface area contributed by atoms with Crippen LogP contribution in [0.4, 0.5) is 4.39 Å². The summed E-state index contributed by atoms with van der Waals surface area (Å²) in [6.45, 7) is 0. The largest absolute Gasteiger partial charge is 0.306 e. The summed E-state index contributed by atoms with van der Waals surface area (Å²) in [5, 5.41) is 0.538. The Bertz CT molecular complexity index is 852. The maximum atomic E-state index is 13.5. The number of aromatic amines is 1. The second-order valence-corrected chi connectivity index (χ2v) is 4.32. The van der Waals surface area contributed by atoms with Gasteiger partial charge in [0.05, 0.1) is 10.9 Å². The van der Waals surface area contributed by atoms with Gasteiger partial charge in [0.2, 0.25) is 0 Å². The van der Waals surface area contributed by atoms with Gasteiger partial charge in [-0.1, -0.05) is 30.3 Å². The van der Waals surface area contributed by atoms with E-state index in [1.807, 2.05) is 6.07 Å². The molecule has 3 nitrogen and oxygen atoms in total. The van der Waals surface area contributed by atoms with E-state index in [9.17, 15) is 9.18 Å². The van der Waals surface area contributed by atoms with Crippen LogP contribution in [0.1, 0.15) is 11.4 Å². The van der Waals surface area contributed by atoms with Gasteiger partial charge in [-0.2, -0.15) is 0 Å². The molecular weight excluding hydrogens is 255 g/mol. The Balaban J connectivity index is 2.04. The zero-order valence-corrected chi connectivity index (χ0v) is 10.5. The number of H-pyrrole nitrogens is 1. The van der Waals surface area contributed by atoms with Crippen molar-refractivity contribution in [1.29, 1.82) is 0 Å². The lowest BCUT2D eigenvalue weighted by molar-refractivity contribution is 0.625. The van der Waals surface area contributed by atoms with Gasteiger partial charge in [0.1, 0.15) is 11.6 Å². The van der Waals surface area contributed by atoms with Gasteiger partial charge in [0.25, 0.3) is 5.56 Å². The van der Waals surface area contributed by atoms with Crippen LogP contribution < -0.4 is 5.56 Å². The van der Waals surface area contributed by atoms with Gasteiger partial charge in [-0.05, 0) is 30.4 Å². The molecule has 0 unspecified atom stereocenters. The van der Waals surface area contributed by atoms with Gasteiger partial charge in [0, 0.05) is 5.56 Å². The molecule has 3 rings (SSSR count). The number of nitrogens with one attached hydrogen (secondary N) is 1. The van der Waals surface area contributed by atoms with Crippen molar-refractivity contribution < 1.29 is 4.39 Å². The summed E-state index contributed by atoms with van der Waals surface area (Å²) in [6, 6.07) is 13.5. The van der Waals surface area contributed by atoms with E-state index in [0.717, 1.165) is 0 Å². The van der Waals surface area contributed by atoms with Gasteiger partial charge < -0.3 is 4.98 Å². The molecule has 0 saturated heterocycles. The first kappa shape index (κ1) is 12.3. The number of benzene rings is 2. The van der Waals surface area contributed by atoms with Crippen LogP contribution in [0.2, 0.25) is 0 Å². The first-order chi connectivity index (χ1) is 9.74. The molecule has 0 spiro atoms. The highest BCUT2D eigenvalue weighted by atomic mass is 19.1. The van der Waals surface area contributed by atoms with Crippen LogP contribution in [0.15, 0.2) is 53.3 Å². The summed E-state index contributed by atoms with van der Waals surface area (Å²) in [7, 11) is 0. The standard InChI is InChI=1S/C16H11FN2O/c17-13-7-3-1-5-11(13)9-10-15-18-14-8-4-2-6-12(14)16(20)19-15/h1-10H,(H,18,19,20). The van der Waals surface area contributed by atoms with Crippen molar-refractivity contribution in [2.24, 2.45) is 0 Å². The third kappa shape index (κ3) is 2.36. The van der Waals surface area contributed by atoms with Gasteiger partial charge in [-0.3, -0.25) is 4.79 Å². The normalized spacial score (nSPS) is 11.2. The Morgan fingerprint density at radius 2 is 1.75 bits per heavy atom. The fourth-order valence-electron chi connectivity index (χ4n) is 1.96. The van der Waals surface area contributed by atoms with Crippen LogP contribution in [0, 0.1) is 5.82 Å². The molecule has 4 heteroatoms. The Morgan fingerprint density at radius 3 is 2.60 bits per heavy atom. The Labute approximate surface area is 114 Å². The molecule has 0 aliphatic heterocycles. The molecule has 3 aromatic rings. The van der Waals surface area contributed by atoms with Gasteiger partial charge in [-0.15, -0.1) is 0 Å². The van der Waals surface area contributed by atoms with Crippen molar-refractivity contribution in [3.8, 4) is 0 Å². The molecule has 1 heterocycles. The highest BCUT2D eigenvalue weighted by Gasteiger charge is 2.01. The first-order valence-corrected chi connectivity index (χ1v) is 6.16. The van der Waals surface area contributed by atoms with E-state index in [1.165, 1.54) is 6.07 Å². The van der Waals surface area contributed by atoms with Crippen LogP contribution >= 0.6 is 0 Å². The smallest absolute Gasteiger partial charge is 0.259 e. The van der Waals surface area contributed by atoms with Crippen molar-refractivity contribution in [2.45, 2.75) is 0 Å². The second-order valence-electron chi connectivity index (χ2n) is 4.32. The zero-order chi connectivity index (χ0) is 13.9. The molecule has 20 heavy (non-hydrogen) atoms. The minimum atomic E-state index is -0.313. The number of rotatable bonds is 2. The van der Waals surface area contributed by atoms with Crippen molar-refractivity contribution in [3.05, 3.63) is 76.1 Å². The number of para-hydroxylation sites is 1. The van der Waals surface area contributed by atoms with Gasteiger partial charge >= 0.3 is 0 Å². The number of halogens is 1. The predicted molar refractivity (Wildman–Crippen MR) is 77.7 cm³/mol. The first-order valence-electron chi connectivity index (χ1n) is 6.16. The van der Waals surface area contributed by atoms with Crippen LogP contribution in [-0.2, 0) is 0 Å². The Hall–Kier alpha value is -2.75. The fourth-order valence-corrected chi connectivity index (χ4v) is 1.96. The van der Waals surface area contributed by atoms with E-state index < -0.39 is 0 Å². The van der Waals surface area contributed by atoms with Crippen molar-refractivity contribution in [3.63, 3.8) is 0 Å². The van der Waals surface area contributed by atoms with Gasteiger partial charge in [0.15, 0.2) is 0 Å². The Morgan fingerprint density at radius 1 is 1.00 bits per heavy atom. The monoisotopic (exact) mass is 266 g/mol. The van der Waals surface area contributed by atoms with Crippen LogP contribution in [0.25, 0.3) is 23.1 Å². The van der Waals surface area contributed by atoms with Crippen molar-refractivity contribution >= 4 is 23.1 Å². The summed E-state index contributed by atoms with van der Waals surface area (Å²) in [5.74, 6) is 0.0869. The Kier molecular flexibility index (Phi) is 3.13. The fraction of sp³-hybridized carbons (Fsp3) is 0. The van der Waals surface area contributed by atoms with E-state index in [1.54, 1.807) is 48.6 Å². The average Bonchev–Trinajstić information content (AvgIpc) is 2.46. The van der Waals surface area contributed by atoms with E-state index in [4.69, 9.17) is 0 Å². The van der Waals surface area contributed by atoms with Crippen molar-refractivity contribution in [2.75, 3.05) is 0 Å². The van der Waals surface area contributed by atoms with Crippen LogP contribution in [-0.4, -0.2) is 9.97 Å². The summed E-state index contributed by atoms with van der Waals surface area (Å²) in [6.07, 6.45) is 3.18. The van der Waals surface area contributed by atoms with Crippen LogP contribution in [0.5, 0.6) is 0 Å². The number of hydrogen-bond acceptors (Lipinski definition) is 2. The molecule has 0 aliphatic rings. The summed E-state index contributed by atoms with van der Waals surface area (Å²) >= 11 is 0. The molecule has 0 fully saturated rings. The quantitative estimate of drug-likeness (QED) is 0.774. The molecule has 1 aromatic heterocycles. The minimum absolute atomic E-state index is 0.205. The minimum Gasteiger partial charge on any atom is -0.306 e. The average molecular weight is 266 g/mol. The summed E-state index contributed by atoms with van der Waals surface area (Å²) in [4.78, 5) is 18.9. The van der Waals surface area contributed by atoms with Gasteiger partial charge in [-0.25, -0.2) is 9.37 Å². The lowest BCUT2D eigenvalue weighted by Crippen LogP contribution is -2.09. The number of nitrogens with zero attached hydrogens (tertiary/aromatic N) is 1.